The van der Waals surface area contributed by atoms with Crippen molar-refractivity contribution in [1.82, 2.24) is 4.98 Å². The molecule has 0 spiro atoms. The summed E-state index contributed by atoms with van der Waals surface area (Å²) in [5, 5.41) is 0. The third kappa shape index (κ3) is 9.76. The number of aromatic nitrogens is 1. The van der Waals surface area contributed by atoms with Crippen molar-refractivity contribution in [3.8, 4) is 0 Å². The van der Waals surface area contributed by atoms with Gasteiger partial charge in [0.25, 0.3) is 0 Å². The van der Waals surface area contributed by atoms with E-state index in [-0.39, 0.29) is 55.8 Å². The number of nitrogens with zero attached hydrogens (tertiary/aromatic N) is 3. The molecule has 0 N–H and O–H groups in total. The van der Waals surface area contributed by atoms with Crippen LogP contribution in [-0.4, -0.2) is 16.4 Å². The number of hydrogen-bond donors (Lipinski definition) is 0. The standard InChI is InChI=1S/C32H41N3.3ClH.V/c1-10-25-14-20(5)15-26(11-2)31(25)33-23(8)29-18-22(7)19-30(35-29)24(9)34-32-27(12-3)16-21(6)17-28(32)13-4;;;;/h14-19H,10-13H2,1-9H3;3*1H;/p-3. The van der Waals surface area contributed by atoms with Crippen molar-refractivity contribution in [3.05, 3.63) is 86.7 Å². The van der Waals surface area contributed by atoms with Crippen LogP contribution in [0.1, 0.15) is 91.9 Å². The smallest absolute Gasteiger partial charge is 0.0852 e. The van der Waals surface area contributed by atoms with E-state index >= 15 is 0 Å². The Morgan fingerprint density at radius 1 is 0.538 bits per heavy atom. The first-order valence-corrected chi connectivity index (χ1v) is 13.0. The van der Waals surface area contributed by atoms with Gasteiger partial charge in [0.05, 0.1) is 34.2 Å². The molecule has 0 aliphatic heterocycles. The van der Waals surface area contributed by atoms with Crippen LogP contribution in [-0.2, 0) is 44.2 Å². The molecule has 0 aliphatic rings. The topological polar surface area (TPSA) is 37.6 Å². The zero-order valence-corrected chi connectivity index (χ0v) is 28.4. The molecule has 3 aromatic rings. The monoisotopic (exact) mass is 623 g/mol. The van der Waals surface area contributed by atoms with Gasteiger partial charge in [-0.1, -0.05) is 63.1 Å². The molecule has 3 nitrogen and oxygen atoms in total. The van der Waals surface area contributed by atoms with Crippen LogP contribution in [0.5, 0.6) is 0 Å². The Balaban J connectivity index is 0. The van der Waals surface area contributed by atoms with E-state index in [2.05, 4.69) is 98.7 Å². The Morgan fingerprint density at radius 3 is 1.05 bits per heavy atom. The van der Waals surface area contributed by atoms with Crippen molar-refractivity contribution in [3.63, 3.8) is 0 Å². The number of aliphatic imine (C=N–C) groups is 2. The average Bonchev–Trinajstić information content (AvgIpc) is 2.84. The van der Waals surface area contributed by atoms with E-state index in [0.29, 0.717) is 0 Å². The molecule has 213 valence electrons. The van der Waals surface area contributed by atoms with Gasteiger partial charge in [-0.3, -0.25) is 9.98 Å². The fourth-order valence-corrected chi connectivity index (χ4v) is 4.72. The van der Waals surface area contributed by atoms with Crippen molar-refractivity contribution in [2.24, 2.45) is 9.98 Å². The summed E-state index contributed by atoms with van der Waals surface area (Å²) in [4.78, 5) is 15.3. The van der Waals surface area contributed by atoms with Crippen molar-refractivity contribution in [1.29, 1.82) is 0 Å². The molecule has 0 fully saturated rings. The maximum Gasteiger partial charge on any atom is 0.0852 e. The average molecular weight is 625 g/mol. The van der Waals surface area contributed by atoms with Gasteiger partial charge in [0, 0.05) is 18.6 Å². The second kappa shape index (κ2) is 17.9. The van der Waals surface area contributed by atoms with E-state index in [9.17, 15) is 0 Å². The summed E-state index contributed by atoms with van der Waals surface area (Å²) in [7, 11) is 0. The first-order chi connectivity index (χ1) is 16.7. The molecule has 1 heterocycles. The first-order valence-electron chi connectivity index (χ1n) is 13.0. The molecule has 1 aromatic heterocycles. The van der Waals surface area contributed by atoms with Crippen LogP contribution in [0.2, 0.25) is 0 Å². The Morgan fingerprint density at radius 2 is 0.795 bits per heavy atom. The zero-order chi connectivity index (χ0) is 25.7. The summed E-state index contributed by atoms with van der Waals surface area (Å²) in [5.74, 6) is 0. The van der Waals surface area contributed by atoms with Gasteiger partial charge in [0.1, 0.15) is 0 Å². The second-order valence-electron chi connectivity index (χ2n) is 9.59. The minimum atomic E-state index is 0. The molecule has 2 aromatic carbocycles. The van der Waals surface area contributed by atoms with Gasteiger partial charge in [-0.05, 0) is 100 Å². The third-order valence-electron chi connectivity index (χ3n) is 6.62. The van der Waals surface area contributed by atoms with Crippen LogP contribution in [0.4, 0.5) is 11.4 Å². The van der Waals surface area contributed by atoms with Gasteiger partial charge in [-0.25, -0.2) is 4.98 Å². The molecule has 0 aliphatic carbocycles. The third-order valence-corrected chi connectivity index (χ3v) is 6.62. The fourth-order valence-electron chi connectivity index (χ4n) is 4.72. The van der Waals surface area contributed by atoms with Gasteiger partial charge >= 0.3 is 0 Å². The Labute approximate surface area is 266 Å². The van der Waals surface area contributed by atoms with Crippen LogP contribution >= 0.6 is 0 Å². The zero-order valence-electron chi connectivity index (χ0n) is 24.7. The summed E-state index contributed by atoms with van der Waals surface area (Å²) < 4.78 is 0. The maximum atomic E-state index is 5.12. The van der Waals surface area contributed by atoms with Crippen molar-refractivity contribution in [2.45, 2.75) is 88.0 Å². The Kier molecular flexibility index (Phi) is 18.2. The van der Waals surface area contributed by atoms with E-state index in [0.717, 1.165) is 59.9 Å². The molecule has 1 radical (unpaired) electrons. The van der Waals surface area contributed by atoms with Crippen molar-refractivity contribution >= 4 is 22.8 Å². The fraction of sp³-hybridized carbons (Fsp3) is 0.406. The molecular formula is C32H41Cl3N3V-3. The Bertz CT molecular complexity index is 1150. The summed E-state index contributed by atoms with van der Waals surface area (Å²) in [6.45, 7) is 19.4. The van der Waals surface area contributed by atoms with E-state index in [1.54, 1.807) is 0 Å². The molecule has 0 amide bonds. The minimum absolute atomic E-state index is 0. The number of hydrogen-bond acceptors (Lipinski definition) is 3. The van der Waals surface area contributed by atoms with Crippen molar-refractivity contribution < 1.29 is 55.8 Å². The molecule has 39 heavy (non-hydrogen) atoms. The maximum absolute atomic E-state index is 5.12. The molecule has 0 bridgehead atoms. The van der Waals surface area contributed by atoms with E-state index < -0.39 is 0 Å². The molecule has 0 saturated heterocycles. The molecule has 0 atom stereocenters. The number of aryl methyl sites for hydroxylation is 7. The molecule has 3 rings (SSSR count). The van der Waals surface area contributed by atoms with Crippen LogP contribution in [0.3, 0.4) is 0 Å². The normalized spacial score (nSPS) is 11.1. The van der Waals surface area contributed by atoms with E-state index in [1.807, 2.05) is 0 Å². The summed E-state index contributed by atoms with van der Waals surface area (Å²) in [5.41, 5.74) is 14.9. The largest absolute Gasteiger partial charge is 1.00 e. The van der Waals surface area contributed by atoms with Crippen LogP contribution < -0.4 is 37.2 Å². The van der Waals surface area contributed by atoms with Gasteiger partial charge in [-0.15, -0.1) is 0 Å². The van der Waals surface area contributed by atoms with E-state index in [4.69, 9.17) is 15.0 Å². The summed E-state index contributed by atoms with van der Waals surface area (Å²) in [6, 6.07) is 13.3. The predicted molar refractivity (Wildman–Crippen MR) is 153 cm³/mol. The molecular weight excluding hydrogens is 584 g/mol. The quantitative estimate of drug-likeness (QED) is 0.313. The number of halogens is 3. The summed E-state index contributed by atoms with van der Waals surface area (Å²) >= 11 is 0. The first kappa shape index (κ1) is 39.5. The van der Waals surface area contributed by atoms with Crippen LogP contribution in [0.25, 0.3) is 0 Å². The molecule has 0 saturated carbocycles. The number of rotatable bonds is 8. The second-order valence-corrected chi connectivity index (χ2v) is 9.59. The van der Waals surface area contributed by atoms with Crippen LogP contribution in [0, 0.1) is 20.8 Å². The van der Waals surface area contributed by atoms with Gasteiger partial charge in [0.2, 0.25) is 0 Å². The Hall–Kier alpha value is -1.62. The summed E-state index contributed by atoms with van der Waals surface area (Å²) in [6.07, 6.45) is 3.87. The van der Waals surface area contributed by atoms with Gasteiger partial charge in [0.15, 0.2) is 0 Å². The minimum Gasteiger partial charge on any atom is -1.00 e. The molecule has 0 unspecified atom stereocenters. The van der Waals surface area contributed by atoms with Gasteiger partial charge in [-0.2, -0.15) is 0 Å². The van der Waals surface area contributed by atoms with Gasteiger partial charge < -0.3 is 37.2 Å². The van der Waals surface area contributed by atoms with Crippen LogP contribution in [0.15, 0.2) is 46.4 Å². The SMILES string of the molecule is CCc1cc(C)cc(CC)c1N=C(C)c1cc(C)cc(C(C)=Nc2c(CC)cc(C)cc2CC)n1.[Cl-].[Cl-].[Cl-].[V]. The van der Waals surface area contributed by atoms with Crippen molar-refractivity contribution in [2.75, 3.05) is 0 Å². The number of pyridine rings is 1. The number of benzene rings is 2. The van der Waals surface area contributed by atoms with E-state index in [1.165, 1.54) is 38.9 Å². The predicted octanol–water partition coefficient (Wildman–Crippen LogP) is -0.453. The molecule has 7 heteroatoms.